The third kappa shape index (κ3) is 2.70. The van der Waals surface area contributed by atoms with Crippen molar-refractivity contribution in [2.24, 2.45) is 5.92 Å². The van der Waals surface area contributed by atoms with Gasteiger partial charge in [0, 0.05) is 19.1 Å². The highest BCUT2D eigenvalue weighted by molar-refractivity contribution is 5.26. The highest BCUT2D eigenvalue weighted by Gasteiger charge is 2.38. The summed E-state index contributed by atoms with van der Waals surface area (Å²) in [7, 11) is 0. The Labute approximate surface area is 116 Å². The van der Waals surface area contributed by atoms with E-state index in [1.165, 1.54) is 31.4 Å². The molecule has 104 valence electrons. The highest BCUT2D eigenvalue weighted by Crippen LogP contribution is 2.38. The molecule has 0 aromatic heterocycles. The Balaban J connectivity index is 1.62. The van der Waals surface area contributed by atoms with Gasteiger partial charge in [-0.05, 0) is 42.2 Å². The second-order valence-electron chi connectivity index (χ2n) is 6.62. The molecular formula is C17H25NO. The van der Waals surface area contributed by atoms with Crippen molar-refractivity contribution in [1.29, 1.82) is 0 Å². The Hall–Kier alpha value is -0.860. The molecule has 3 unspecified atom stereocenters. The molecule has 3 atom stereocenters. The molecular weight excluding hydrogens is 234 g/mol. The van der Waals surface area contributed by atoms with Gasteiger partial charge in [-0.3, -0.25) is 4.90 Å². The first-order valence-corrected chi connectivity index (χ1v) is 7.65. The number of aliphatic hydroxyl groups is 1. The first kappa shape index (κ1) is 13.1. The highest BCUT2D eigenvalue weighted by atomic mass is 16.3. The first-order chi connectivity index (χ1) is 9.13. The molecule has 2 heteroatoms. The van der Waals surface area contributed by atoms with E-state index < -0.39 is 0 Å². The molecule has 1 saturated heterocycles. The van der Waals surface area contributed by atoms with Crippen LogP contribution >= 0.6 is 0 Å². The van der Waals surface area contributed by atoms with Crippen LogP contribution in [-0.2, 0) is 0 Å². The maximum Gasteiger partial charge on any atom is 0.0917 e. The molecule has 1 heterocycles. The molecule has 0 spiro atoms. The predicted octanol–water partition coefficient (Wildman–Crippen LogP) is 3.33. The van der Waals surface area contributed by atoms with Crippen LogP contribution in [0, 0.1) is 5.92 Å². The van der Waals surface area contributed by atoms with Crippen LogP contribution in [0.5, 0.6) is 0 Å². The van der Waals surface area contributed by atoms with E-state index in [0.717, 1.165) is 24.1 Å². The van der Waals surface area contributed by atoms with Crippen molar-refractivity contribution < 1.29 is 5.11 Å². The fourth-order valence-electron chi connectivity index (χ4n) is 3.68. The maximum absolute atomic E-state index is 10.4. The summed E-state index contributed by atoms with van der Waals surface area (Å²) in [6.45, 7) is 6.41. The minimum absolute atomic E-state index is 0.333. The van der Waals surface area contributed by atoms with Gasteiger partial charge in [-0.25, -0.2) is 0 Å². The van der Waals surface area contributed by atoms with Gasteiger partial charge in [0.25, 0.3) is 0 Å². The fourth-order valence-corrected chi connectivity index (χ4v) is 3.68. The standard InChI is InChI=1S/C17H25NO/c1-12(2)14-4-6-15(7-5-14)17(19)11-18-10-13-3-8-16(18)9-13/h4-7,12-13,16-17,19H,3,8-11H2,1-2H3. The molecule has 1 aromatic rings. The van der Waals surface area contributed by atoms with Crippen LogP contribution in [0.25, 0.3) is 0 Å². The first-order valence-electron chi connectivity index (χ1n) is 7.65. The summed E-state index contributed by atoms with van der Waals surface area (Å²) in [6, 6.07) is 9.23. The number of hydrogen-bond acceptors (Lipinski definition) is 2. The Morgan fingerprint density at radius 1 is 1.16 bits per heavy atom. The van der Waals surface area contributed by atoms with Crippen molar-refractivity contribution >= 4 is 0 Å². The normalized spacial score (nSPS) is 28.2. The van der Waals surface area contributed by atoms with Crippen LogP contribution in [0.15, 0.2) is 24.3 Å². The van der Waals surface area contributed by atoms with Crippen molar-refractivity contribution in [3.8, 4) is 0 Å². The predicted molar refractivity (Wildman–Crippen MR) is 78.2 cm³/mol. The second kappa shape index (κ2) is 5.26. The molecule has 1 saturated carbocycles. The number of piperidine rings is 1. The van der Waals surface area contributed by atoms with Crippen LogP contribution in [-0.4, -0.2) is 29.1 Å². The van der Waals surface area contributed by atoms with E-state index in [2.05, 4.69) is 43.0 Å². The topological polar surface area (TPSA) is 23.5 Å². The molecule has 2 nitrogen and oxygen atoms in total. The minimum Gasteiger partial charge on any atom is -0.387 e. The van der Waals surface area contributed by atoms with Crippen molar-refractivity contribution in [3.05, 3.63) is 35.4 Å². The lowest BCUT2D eigenvalue weighted by Gasteiger charge is -2.29. The van der Waals surface area contributed by atoms with Crippen molar-refractivity contribution in [2.45, 2.75) is 51.2 Å². The van der Waals surface area contributed by atoms with Crippen LogP contribution in [0.4, 0.5) is 0 Å². The zero-order chi connectivity index (χ0) is 13.4. The number of rotatable bonds is 4. The number of β-amino-alcohol motifs (C(OH)–C–C–N with tert-alkyl or cyclic N) is 1. The lowest BCUT2D eigenvalue weighted by atomic mass is 9.99. The van der Waals surface area contributed by atoms with Crippen molar-refractivity contribution in [2.75, 3.05) is 13.1 Å². The Morgan fingerprint density at radius 3 is 2.37 bits per heavy atom. The number of nitrogens with zero attached hydrogens (tertiary/aromatic N) is 1. The Bertz CT molecular complexity index is 425. The molecule has 2 bridgehead atoms. The quantitative estimate of drug-likeness (QED) is 0.896. The number of fused-ring (bicyclic) bond motifs is 2. The SMILES string of the molecule is CC(C)c1ccc(C(O)CN2CC3CCC2C3)cc1. The number of likely N-dealkylation sites (tertiary alicyclic amines) is 1. The molecule has 2 fully saturated rings. The molecule has 1 aliphatic carbocycles. The van der Waals surface area contributed by atoms with Gasteiger partial charge >= 0.3 is 0 Å². The molecule has 19 heavy (non-hydrogen) atoms. The second-order valence-corrected chi connectivity index (χ2v) is 6.62. The van der Waals surface area contributed by atoms with E-state index in [-0.39, 0.29) is 6.10 Å². The van der Waals surface area contributed by atoms with Crippen LogP contribution in [0.3, 0.4) is 0 Å². The van der Waals surface area contributed by atoms with Gasteiger partial charge < -0.3 is 5.11 Å². The lowest BCUT2D eigenvalue weighted by molar-refractivity contribution is 0.0946. The average Bonchev–Trinajstić information content (AvgIpc) is 3.01. The van der Waals surface area contributed by atoms with Gasteiger partial charge in [0.05, 0.1) is 6.10 Å². The Kier molecular flexibility index (Phi) is 3.64. The third-order valence-electron chi connectivity index (χ3n) is 4.92. The zero-order valence-corrected chi connectivity index (χ0v) is 12.0. The molecule has 0 radical (unpaired) electrons. The maximum atomic E-state index is 10.4. The zero-order valence-electron chi connectivity index (χ0n) is 12.0. The minimum atomic E-state index is -0.333. The van der Waals surface area contributed by atoms with Gasteiger partial charge in [0.1, 0.15) is 0 Å². The van der Waals surface area contributed by atoms with E-state index in [9.17, 15) is 5.11 Å². The lowest BCUT2D eigenvalue weighted by Crippen LogP contribution is -2.35. The van der Waals surface area contributed by atoms with Gasteiger partial charge in [0.15, 0.2) is 0 Å². The number of benzene rings is 1. The van der Waals surface area contributed by atoms with Crippen molar-refractivity contribution in [3.63, 3.8) is 0 Å². The van der Waals surface area contributed by atoms with Crippen LogP contribution in [0.1, 0.15) is 56.3 Å². The van der Waals surface area contributed by atoms with Gasteiger partial charge in [-0.2, -0.15) is 0 Å². The monoisotopic (exact) mass is 259 g/mol. The van der Waals surface area contributed by atoms with E-state index in [4.69, 9.17) is 0 Å². The fraction of sp³-hybridized carbons (Fsp3) is 0.647. The summed E-state index contributed by atoms with van der Waals surface area (Å²) >= 11 is 0. The van der Waals surface area contributed by atoms with E-state index in [1.54, 1.807) is 0 Å². The summed E-state index contributed by atoms with van der Waals surface area (Å²) in [6.07, 6.45) is 3.77. The summed E-state index contributed by atoms with van der Waals surface area (Å²) in [5.41, 5.74) is 2.41. The van der Waals surface area contributed by atoms with E-state index in [0.29, 0.717) is 5.92 Å². The smallest absolute Gasteiger partial charge is 0.0917 e. The van der Waals surface area contributed by atoms with Gasteiger partial charge in [0.2, 0.25) is 0 Å². The molecule has 1 aromatic carbocycles. The average molecular weight is 259 g/mol. The Morgan fingerprint density at radius 2 is 1.84 bits per heavy atom. The molecule has 1 N–H and O–H groups in total. The van der Waals surface area contributed by atoms with Crippen LogP contribution in [0.2, 0.25) is 0 Å². The molecule has 3 rings (SSSR count). The van der Waals surface area contributed by atoms with Crippen molar-refractivity contribution in [1.82, 2.24) is 4.90 Å². The number of aliphatic hydroxyl groups excluding tert-OH is 1. The third-order valence-corrected chi connectivity index (χ3v) is 4.92. The summed E-state index contributed by atoms with van der Waals surface area (Å²) in [4.78, 5) is 2.50. The van der Waals surface area contributed by atoms with Crippen LogP contribution < -0.4 is 0 Å². The molecule has 1 aliphatic heterocycles. The van der Waals surface area contributed by atoms with Gasteiger partial charge in [-0.1, -0.05) is 38.1 Å². The largest absolute Gasteiger partial charge is 0.387 e. The summed E-state index contributed by atoms with van der Waals surface area (Å²) in [5, 5.41) is 10.4. The van der Waals surface area contributed by atoms with Gasteiger partial charge in [-0.15, -0.1) is 0 Å². The molecule has 0 amide bonds. The number of hydrogen-bond donors (Lipinski definition) is 1. The molecule has 2 aliphatic rings. The summed E-state index contributed by atoms with van der Waals surface area (Å²) in [5.74, 6) is 1.46. The van der Waals surface area contributed by atoms with E-state index >= 15 is 0 Å². The van der Waals surface area contributed by atoms with E-state index in [1.807, 2.05) is 0 Å². The summed E-state index contributed by atoms with van der Waals surface area (Å²) < 4.78 is 0.